The molecule has 148 valence electrons. The fourth-order valence-corrected chi connectivity index (χ4v) is 3.24. The van der Waals surface area contributed by atoms with Crippen molar-refractivity contribution in [2.45, 2.75) is 25.7 Å². The number of piperidine rings is 1. The Bertz CT molecular complexity index is 779. The van der Waals surface area contributed by atoms with Gasteiger partial charge in [-0.25, -0.2) is 0 Å². The van der Waals surface area contributed by atoms with E-state index in [0.29, 0.717) is 17.9 Å². The highest BCUT2D eigenvalue weighted by molar-refractivity contribution is 6.05. The van der Waals surface area contributed by atoms with Crippen LogP contribution in [0.5, 0.6) is 0 Å². The molecule has 0 aliphatic carbocycles. The van der Waals surface area contributed by atoms with Crippen molar-refractivity contribution in [3.05, 3.63) is 65.7 Å². The molecule has 0 unspecified atom stereocenters. The SMILES string of the molecule is O=C(NCCCN1CCCCC1)/C(=C/c1ccco1)NC(=O)c1ccccc1. The van der Waals surface area contributed by atoms with Crippen LogP contribution >= 0.6 is 0 Å². The molecule has 2 amide bonds. The summed E-state index contributed by atoms with van der Waals surface area (Å²) in [7, 11) is 0. The second-order valence-corrected chi connectivity index (χ2v) is 6.91. The van der Waals surface area contributed by atoms with Gasteiger partial charge in [-0.2, -0.15) is 0 Å². The third kappa shape index (κ3) is 6.09. The molecule has 0 saturated carbocycles. The van der Waals surface area contributed by atoms with Gasteiger partial charge in [0.25, 0.3) is 11.8 Å². The summed E-state index contributed by atoms with van der Waals surface area (Å²) in [6, 6.07) is 12.3. The highest BCUT2D eigenvalue weighted by atomic mass is 16.3. The van der Waals surface area contributed by atoms with Crippen molar-refractivity contribution < 1.29 is 14.0 Å². The molecule has 2 heterocycles. The standard InChI is InChI=1S/C22H27N3O3/c26-21(18-9-3-1-4-10-18)24-20(17-19-11-7-16-28-19)22(27)23-12-8-15-25-13-5-2-6-14-25/h1,3-4,7,9-11,16-17H,2,5-6,8,12-15H2,(H,23,27)(H,24,26)/b20-17-. The molecule has 1 aliphatic heterocycles. The maximum atomic E-state index is 12.6. The average Bonchev–Trinajstić information content (AvgIpc) is 3.25. The lowest BCUT2D eigenvalue weighted by atomic mass is 10.1. The zero-order valence-electron chi connectivity index (χ0n) is 16.0. The van der Waals surface area contributed by atoms with Crippen LogP contribution in [0.3, 0.4) is 0 Å². The number of hydrogen-bond donors (Lipinski definition) is 2. The van der Waals surface area contributed by atoms with Crippen LogP contribution in [-0.2, 0) is 4.79 Å². The molecule has 1 fully saturated rings. The number of nitrogens with one attached hydrogen (secondary N) is 2. The smallest absolute Gasteiger partial charge is 0.267 e. The number of carbonyl (C=O) groups is 2. The Morgan fingerprint density at radius 2 is 1.82 bits per heavy atom. The summed E-state index contributed by atoms with van der Waals surface area (Å²) >= 11 is 0. The van der Waals surface area contributed by atoms with Crippen molar-refractivity contribution in [1.82, 2.24) is 15.5 Å². The maximum Gasteiger partial charge on any atom is 0.267 e. The van der Waals surface area contributed by atoms with Crippen molar-refractivity contribution >= 4 is 17.9 Å². The van der Waals surface area contributed by atoms with Gasteiger partial charge in [0, 0.05) is 18.2 Å². The first-order chi connectivity index (χ1) is 13.7. The second-order valence-electron chi connectivity index (χ2n) is 6.91. The molecular weight excluding hydrogens is 354 g/mol. The second kappa shape index (κ2) is 10.5. The van der Waals surface area contributed by atoms with E-state index in [2.05, 4.69) is 15.5 Å². The maximum absolute atomic E-state index is 12.6. The molecule has 2 N–H and O–H groups in total. The highest BCUT2D eigenvalue weighted by Crippen LogP contribution is 2.09. The lowest BCUT2D eigenvalue weighted by molar-refractivity contribution is -0.117. The summed E-state index contributed by atoms with van der Waals surface area (Å²) in [5.41, 5.74) is 0.660. The molecule has 1 aromatic carbocycles. The van der Waals surface area contributed by atoms with Crippen LogP contribution in [-0.4, -0.2) is 42.9 Å². The molecule has 1 aromatic heterocycles. The topological polar surface area (TPSA) is 74.6 Å². The Kier molecular flexibility index (Phi) is 7.44. The van der Waals surface area contributed by atoms with Crippen LogP contribution in [0.15, 0.2) is 58.8 Å². The Labute approximate surface area is 165 Å². The number of furan rings is 1. The fourth-order valence-electron chi connectivity index (χ4n) is 3.24. The number of hydrogen-bond acceptors (Lipinski definition) is 4. The van der Waals surface area contributed by atoms with Gasteiger partial charge in [0.2, 0.25) is 0 Å². The van der Waals surface area contributed by atoms with E-state index >= 15 is 0 Å². The first-order valence-electron chi connectivity index (χ1n) is 9.84. The number of benzene rings is 1. The van der Waals surface area contributed by atoms with Crippen LogP contribution in [0.1, 0.15) is 41.8 Å². The van der Waals surface area contributed by atoms with E-state index in [4.69, 9.17) is 4.42 Å². The van der Waals surface area contributed by atoms with Crippen molar-refractivity contribution in [2.24, 2.45) is 0 Å². The Balaban J connectivity index is 1.56. The molecule has 3 rings (SSSR count). The quantitative estimate of drug-likeness (QED) is 0.544. The molecule has 0 atom stereocenters. The zero-order valence-corrected chi connectivity index (χ0v) is 16.0. The summed E-state index contributed by atoms with van der Waals surface area (Å²) in [4.78, 5) is 27.5. The summed E-state index contributed by atoms with van der Waals surface area (Å²) in [5.74, 6) is -0.145. The molecule has 0 bridgehead atoms. The van der Waals surface area contributed by atoms with E-state index in [1.54, 1.807) is 42.5 Å². The van der Waals surface area contributed by atoms with Crippen molar-refractivity contribution in [2.75, 3.05) is 26.2 Å². The molecule has 0 spiro atoms. The van der Waals surface area contributed by atoms with Gasteiger partial charge in [-0.3, -0.25) is 9.59 Å². The van der Waals surface area contributed by atoms with Crippen molar-refractivity contribution in [3.8, 4) is 0 Å². The minimum Gasteiger partial charge on any atom is -0.465 e. The Morgan fingerprint density at radius 3 is 2.54 bits per heavy atom. The Morgan fingerprint density at radius 1 is 1.04 bits per heavy atom. The van der Waals surface area contributed by atoms with Gasteiger partial charge >= 0.3 is 0 Å². The van der Waals surface area contributed by atoms with Gasteiger partial charge in [-0.1, -0.05) is 24.6 Å². The fraction of sp³-hybridized carbons (Fsp3) is 0.364. The third-order valence-electron chi connectivity index (χ3n) is 4.74. The van der Waals surface area contributed by atoms with Crippen molar-refractivity contribution in [3.63, 3.8) is 0 Å². The Hall–Kier alpha value is -2.86. The lowest BCUT2D eigenvalue weighted by Crippen LogP contribution is -2.37. The number of amides is 2. The monoisotopic (exact) mass is 381 g/mol. The van der Waals surface area contributed by atoms with Crippen LogP contribution in [0.25, 0.3) is 6.08 Å². The predicted octanol–water partition coefficient (Wildman–Crippen LogP) is 3.04. The highest BCUT2D eigenvalue weighted by Gasteiger charge is 2.15. The average molecular weight is 381 g/mol. The van der Waals surface area contributed by atoms with Gasteiger partial charge in [0.15, 0.2) is 0 Å². The molecule has 1 saturated heterocycles. The van der Waals surface area contributed by atoms with Gasteiger partial charge in [0.1, 0.15) is 11.5 Å². The molecule has 1 aliphatic rings. The zero-order chi connectivity index (χ0) is 19.6. The van der Waals surface area contributed by atoms with Gasteiger partial charge in [0.05, 0.1) is 6.26 Å². The lowest BCUT2D eigenvalue weighted by Gasteiger charge is -2.26. The van der Waals surface area contributed by atoms with Gasteiger partial charge in [-0.05, 0) is 63.2 Å². The minimum absolute atomic E-state index is 0.168. The van der Waals surface area contributed by atoms with E-state index in [-0.39, 0.29) is 17.5 Å². The van der Waals surface area contributed by atoms with Crippen LogP contribution in [0.2, 0.25) is 0 Å². The molecule has 2 aromatic rings. The van der Waals surface area contributed by atoms with Gasteiger partial charge < -0.3 is 20.0 Å². The van der Waals surface area contributed by atoms with Crippen LogP contribution in [0, 0.1) is 0 Å². The number of rotatable bonds is 8. The molecule has 28 heavy (non-hydrogen) atoms. The molecule has 6 nitrogen and oxygen atoms in total. The molecular formula is C22H27N3O3. The van der Waals surface area contributed by atoms with Crippen LogP contribution in [0.4, 0.5) is 0 Å². The first-order valence-corrected chi connectivity index (χ1v) is 9.84. The number of nitrogens with zero attached hydrogens (tertiary/aromatic N) is 1. The largest absolute Gasteiger partial charge is 0.465 e. The summed E-state index contributed by atoms with van der Waals surface area (Å²) in [5, 5.41) is 5.60. The van der Waals surface area contributed by atoms with E-state index in [1.807, 2.05) is 6.07 Å². The van der Waals surface area contributed by atoms with E-state index in [1.165, 1.54) is 25.5 Å². The third-order valence-corrected chi connectivity index (χ3v) is 4.74. The number of carbonyl (C=O) groups excluding carboxylic acids is 2. The summed E-state index contributed by atoms with van der Waals surface area (Å²) in [6.45, 7) is 3.83. The van der Waals surface area contributed by atoms with Crippen molar-refractivity contribution in [1.29, 1.82) is 0 Å². The van der Waals surface area contributed by atoms with Crippen LogP contribution < -0.4 is 10.6 Å². The van der Waals surface area contributed by atoms with Gasteiger partial charge in [-0.15, -0.1) is 0 Å². The first kappa shape index (κ1) is 19.9. The number of likely N-dealkylation sites (tertiary alicyclic amines) is 1. The normalized spacial score (nSPS) is 15.2. The van der Waals surface area contributed by atoms with E-state index in [9.17, 15) is 9.59 Å². The molecule has 0 radical (unpaired) electrons. The summed E-state index contributed by atoms with van der Waals surface area (Å²) in [6.07, 6.45) is 7.78. The summed E-state index contributed by atoms with van der Waals surface area (Å²) < 4.78 is 5.29. The minimum atomic E-state index is -0.332. The van der Waals surface area contributed by atoms with E-state index in [0.717, 1.165) is 26.1 Å². The van der Waals surface area contributed by atoms with E-state index < -0.39 is 0 Å². The molecule has 6 heteroatoms. The predicted molar refractivity (Wildman–Crippen MR) is 109 cm³/mol.